The maximum Gasteiger partial charge on any atom is 0.254 e. The summed E-state index contributed by atoms with van der Waals surface area (Å²) in [5.41, 5.74) is 8.81. The predicted octanol–water partition coefficient (Wildman–Crippen LogP) is 2.24. The Morgan fingerprint density at radius 1 is 1.25 bits per heavy atom. The lowest BCUT2D eigenvalue weighted by molar-refractivity contribution is 0.0999. The van der Waals surface area contributed by atoms with Crippen LogP contribution in [0.2, 0.25) is 0 Å². The van der Waals surface area contributed by atoms with Crippen LogP contribution in [-0.2, 0) is 12.8 Å². The van der Waals surface area contributed by atoms with Crippen molar-refractivity contribution in [3.8, 4) is 5.69 Å². The highest BCUT2D eigenvalue weighted by Gasteiger charge is 2.20. The summed E-state index contributed by atoms with van der Waals surface area (Å²) in [4.78, 5) is 38.3. The summed E-state index contributed by atoms with van der Waals surface area (Å²) in [5.74, 6) is -0.347. The molecule has 32 heavy (non-hydrogen) atoms. The second-order valence-electron chi connectivity index (χ2n) is 7.89. The van der Waals surface area contributed by atoms with Gasteiger partial charge in [0, 0.05) is 37.0 Å². The van der Waals surface area contributed by atoms with Gasteiger partial charge in [0.2, 0.25) is 11.4 Å². The zero-order chi connectivity index (χ0) is 22.2. The molecule has 1 amide bonds. The van der Waals surface area contributed by atoms with E-state index in [1.807, 2.05) is 17.3 Å². The molecule has 0 radical (unpaired) electrons. The first-order chi connectivity index (χ1) is 15.6. The molecule has 0 fully saturated rings. The van der Waals surface area contributed by atoms with Crippen LogP contribution in [0.15, 0.2) is 54.1 Å². The van der Waals surface area contributed by atoms with Gasteiger partial charge in [-0.25, -0.2) is 19.7 Å². The van der Waals surface area contributed by atoms with E-state index in [-0.39, 0.29) is 10.9 Å². The molecular formula is C23H23N7O2. The third-order valence-corrected chi connectivity index (χ3v) is 5.79. The minimum atomic E-state index is -0.776. The molecule has 1 aromatic carbocycles. The molecule has 9 nitrogen and oxygen atoms in total. The Balaban J connectivity index is 1.75. The third kappa shape index (κ3) is 3.31. The van der Waals surface area contributed by atoms with Crippen molar-refractivity contribution in [3.05, 3.63) is 76.2 Å². The van der Waals surface area contributed by atoms with Gasteiger partial charge in [-0.05, 0) is 48.9 Å². The van der Waals surface area contributed by atoms with Gasteiger partial charge in [0.1, 0.15) is 11.9 Å². The third-order valence-electron chi connectivity index (χ3n) is 5.79. The number of nitrogens with zero attached hydrogens (tertiary/aromatic N) is 6. The molecule has 0 bridgehead atoms. The summed E-state index contributed by atoms with van der Waals surface area (Å²) >= 11 is 0. The van der Waals surface area contributed by atoms with Crippen molar-refractivity contribution in [2.45, 2.75) is 32.6 Å². The molecular weight excluding hydrogens is 406 g/mol. The number of anilines is 1. The number of aryl methyl sites for hydroxylation is 2. The largest absolute Gasteiger partial charge is 0.365 e. The minimum Gasteiger partial charge on any atom is -0.365 e. The number of hydrogen-bond donors (Lipinski definition) is 1. The van der Waals surface area contributed by atoms with Crippen molar-refractivity contribution in [1.82, 2.24) is 24.2 Å². The number of primary amides is 1. The van der Waals surface area contributed by atoms with Gasteiger partial charge < -0.3 is 10.3 Å². The molecule has 0 aliphatic heterocycles. The van der Waals surface area contributed by atoms with Crippen LogP contribution in [0.3, 0.4) is 0 Å². The Labute approximate surface area is 184 Å². The average molecular weight is 429 g/mol. The topological polar surface area (TPSA) is 112 Å². The summed E-state index contributed by atoms with van der Waals surface area (Å²) in [6, 6.07) is 6.18. The van der Waals surface area contributed by atoms with Crippen LogP contribution < -0.4 is 16.2 Å². The maximum absolute atomic E-state index is 13.0. The van der Waals surface area contributed by atoms with E-state index in [0.717, 1.165) is 31.4 Å². The molecule has 5 rings (SSSR count). The van der Waals surface area contributed by atoms with Crippen molar-refractivity contribution in [3.63, 3.8) is 0 Å². The highest BCUT2D eigenvalue weighted by molar-refractivity contribution is 5.96. The SMILES string of the molecule is CCCN(c1ncc2c(=O)c(C(N)=O)cn(-c3ccc4c(c3)CCC4)c2n1)n1ccnc1. The summed E-state index contributed by atoms with van der Waals surface area (Å²) in [6.45, 7) is 2.72. The Hall–Kier alpha value is -4.01. The Bertz CT molecular complexity index is 1380. The Kier molecular flexibility index (Phi) is 4.93. The fourth-order valence-corrected chi connectivity index (χ4v) is 4.23. The first kappa shape index (κ1) is 19.9. The first-order valence-corrected chi connectivity index (χ1v) is 10.7. The summed E-state index contributed by atoms with van der Waals surface area (Å²) < 4.78 is 3.57. The highest BCUT2D eigenvalue weighted by Crippen LogP contribution is 2.26. The molecule has 0 unspecified atom stereocenters. The summed E-state index contributed by atoms with van der Waals surface area (Å²) in [7, 11) is 0. The summed E-state index contributed by atoms with van der Waals surface area (Å²) in [6.07, 6.45) is 12.2. The number of rotatable bonds is 6. The van der Waals surface area contributed by atoms with Gasteiger partial charge in [0.25, 0.3) is 5.91 Å². The van der Waals surface area contributed by atoms with E-state index >= 15 is 0 Å². The van der Waals surface area contributed by atoms with Crippen LogP contribution in [-0.4, -0.2) is 36.6 Å². The fraction of sp³-hybridized carbons (Fsp3) is 0.261. The molecule has 3 aromatic heterocycles. The minimum absolute atomic E-state index is 0.0885. The number of hydrogen-bond acceptors (Lipinski definition) is 6. The van der Waals surface area contributed by atoms with Gasteiger partial charge in [-0.15, -0.1) is 0 Å². The van der Waals surface area contributed by atoms with Gasteiger partial charge >= 0.3 is 0 Å². The number of aromatic nitrogens is 5. The molecule has 2 N–H and O–H groups in total. The van der Waals surface area contributed by atoms with Crippen LogP contribution in [0.5, 0.6) is 0 Å². The van der Waals surface area contributed by atoms with Crippen LogP contribution in [0.4, 0.5) is 5.95 Å². The second kappa shape index (κ2) is 7.92. The molecule has 0 atom stereocenters. The maximum atomic E-state index is 13.0. The lowest BCUT2D eigenvalue weighted by Crippen LogP contribution is -2.31. The number of carbonyl (C=O) groups excluding carboxylic acids is 1. The van der Waals surface area contributed by atoms with Crippen molar-refractivity contribution in [1.29, 1.82) is 0 Å². The molecule has 0 saturated heterocycles. The first-order valence-electron chi connectivity index (χ1n) is 10.7. The fourth-order valence-electron chi connectivity index (χ4n) is 4.23. The number of benzene rings is 1. The van der Waals surface area contributed by atoms with Crippen LogP contribution in [0.25, 0.3) is 16.7 Å². The van der Waals surface area contributed by atoms with Crippen molar-refractivity contribution < 1.29 is 4.79 Å². The number of fused-ring (bicyclic) bond motifs is 2. The molecule has 162 valence electrons. The number of pyridine rings is 1. The molecule has 1 aliphatic rings. The average Bonchev–Trinajstić information content (AvgIpc) is 3.49. The van der Waals surface area contributed by atoms with Crippen LogP contribution in [0.1, 0.15) is 41.3 Å². The molecule has 9 heteroatoms. The van der Waals surface area contributed by atoms with Crippen molar-refractivity contribution in [2.24, 2.45) is 5.73 Å². The predicted molar refractivity (Wildman–Crippen MR) is 121 cm³/mol. The van der Waals surface area contributed by atoms with Gasteiger partial charge in [0.15, 0.2) is 5.65 Å². The standard InChI is InChI=1S/C23H23N7O2/c1-2-9-30(28-10-8-25-14-28)23-26-12-18-20(31)19(21(24)32)13-29(22(18)27-23)17-7-6-15-4-3-5-16(15)11-17/h6-8,10-14H,2-5,9H2,1H3,(H2,24,32). The highest BCUT2D eigenvalue weighted by atomic mass is 16.2. The lowest BCUT2D eigenvalue weighted by atomic mass is 10.1. The molecule has 1 aliphatic carbocycles. The zero-order valence-electron chi connectivity index (χ0n) is 17.7. The zero-order valence-corrected chi connectivity index (χ0v) is 17.7. The lowest BCUT2D eigenvalue weighted by Gasteiger charge is -2.23. The van der Waals surface area contributed by atoms with E-state index in [4.69, 9.17) is 10.7 Å². The monoisotopic (exact) mass is 429 g/mol. The molecule has 0 saturated carbocycles. The van der Waals surface area contributed by atoms with E-state index < -0.39 is 11.3 Å². The number of nitrogens with two attached hydrogens (primary N) is 1. The van der Waals surface area contributed by atoms with E-state index in [0.29, 0.717) is 18.1 Å². The molecule has 4 aromatic rings. The van der Waals surface area contributed by atoms with Crippen molar-refractivity contribution in [2.75, 3.05) is 11.6 Å². The Morgan fingerprint density at radius 2 is 2.09 bits per heavy atom. The molecule has 3 heterocycles. The Morgan fingerprint density at radius 3 is 2.84 bits per heavy atom. The molecule has 0 spiro atoms. The smallest absolute Gasteiger partial charge is 0.254 e. The van der Waals surface area contributed by atoms with E-state index in [1.54, 1.807) is 21.8 Å². The van der Waals surface area contributed by atoms with Crippen molar-refractivity contribution >= 4 is 22.9 Å². The number of imidazole rings is 1. The van der Waals surface area contributed by atoms with E-state index in [2.05, 4.69) is 29.0 Å². The number of amides is 1. The van der Waals surface area contributed by atoms with Gasteiger partial charge in [0.05, 0.1) is 5.39 Å². The van der Waals surface area contributed by atoms with E-state index in [1.165, 1.54) is 23.5 Å². The van der Waals surface area contributed by atoms with E-state index in [9.17, 15) is 9.59 Å². The van der Waals surface area contributed by atoms with Crippen LogP contribution >= 0.6 is 0 Å². The second-order valence-corrected chi connectivity index (χ2v) is 7.89. The number of carbonyl (C=O) groups is 1. The normalized spacial score (nSPS) is 12.8. The van der Waals surface area contributed by atoms with Gasteiger partial charge in [-0.3, -0.25) is 9.59 Å². The van der Waals surface area contributed by atoms with Gasteiger partial charge in [-0.1, -0.05) is 13.0 Å². The summed E-state index contributed by atoms with van der Waals surface area (Å²) in [5, 5.41) is 2.12. The quantitative estimate of drug-likeness (QED) is 0.503. The van der Waals surface area contributed by atoms with Crippen LogP contribution in [0, 0.1) is 0 Å². The van der Waals surface area contributed by atoms with Gasteiger partial charge in [-0.2, -0.15) is 4.98 Å².